The lowest BCUT2D eigenvalue weighted by atomic mass is 9.82. The van der Waals surface area contributed by atoms with Crippen LogP contribution in [0.1, 0.15) is 25.0 Å². The van der Waals surface area contributed by atoms with Gasteiger partial charge in [0.1, 0.15) is 0 Å². The average Bonchev–Trinajstić information content (AvgIpc) is 4.03. The number of benzene rings is 11. The van der Waals surface area contributed by atoms with Crippen LogP contribution in [0.3, 0.4) is 0 Å². The van der Waals surface area contributed by atoms with E-state index in [-0.39, 0.29) is 5.41 Å². The van der Waals surface area contributed by atoms with Gasteiger partial charge in [-0.25, -0.2) is 4.98 Å². The van der Waals surface area contributed by atoms with Crippen molar-refractivity contribution in [1.82, 2.24) is 24.1 Å². The number of rotatable bonds is 5. The highest BCUT2D eigenvalue weighted by Gasteiger charge is 2.35. The summed E-state index contributed by atoms with van der Waals surface area (Å²) in [7, 11) is 0. The summed E-state index contributed by atoms with van der Waals surface area (Å²) in [5.41, 5.74) is 14.8. The van der Waals surface area contributed by atoms with Gasteiger partial charge >= 0.3 is 0 Å². The Kier molecular flexibility index (Phi) is 8.35. The van der Waals surface area contributed by atoms with Crippen LogP contribution in [0.5, 0.6) is 0 Å². The molecule has 15 rings (SSSR count). The van der Waals surface area contributed by atoms with Crippen molar-refractivity contribution in [2.45, 2.75) is 19.3 Å². The van der Waals surface area contributed by atoms with Crippen molar-refractivity contribution in [3.8, 4) is 56.7 Å². The minimum Gasteiger partial charge on any atom is -0.309 e. The summed E-state index contributed by atoms with van der Waals surface area (Å²) in [5.74, 6) is 1.85. The summed E-state index contributed by atoms with van der Waals surface area (Å²) < 4.78 is 4.66. The van der Waals surface area contributed by atoms with Crippen molar-refractivity contribution in [2.24, 2.45) is 0 Å². The predicted molar refractivity (Wildman–Crippen MR) is 295 cm³/mol. The molecule has 0 unspecified atom stereocenters. The minimum atomic E-state index is -0.164. The maximum Gasteiger partial charge on any atom is 0.238 e. The van der Waals surface area contributed by atoms with Gasteiger partial charge in [0.15, 0.2) is 11.6 Å². The quantitative estimate of drug-likeness (QED) is 0.162. The average molecular weight is 906 g/mol. The van der Waals surface area contributed by atoms with E-state index in [2.05, 4.69) is 229 Å². The lowest BCUT2D eigenvalue weighted by molar-refractivity contribution is 0.660. The van der Waals surface area contributed by atoms with Gasteiger partial charge in [-0.05, 0) is 114 Å². The highest BCUT2D eigenvalue weighted by atomic mass is 15.2. The topological polar surface area (TPSA) is 48.5 Å². The van der Waals surface area contributed by atoms with Crippen LogP contribution >= 0.6 is 0 Å². The molecule has 0 N–H and O–H groups in total. The van der Waals surface area contributed by atoms with Gasteiger partial charge in [0.2, 0.25) is 5.95 Å². The van der Waals surface area contributed by atoms with Crippen molar-refractivity contribution in [3.05, 3.63) is 236 Å². The van der Waals surface area contributed by atoms with Crippen LogP contribution in [0.15, 0.2) is 224 Å². The van der Waals surface area contributed by atoms with Crippen LogP contribution in [0, 0.1) is 0 Å². The van der Waals surface area contributed by atoms with Gasteiger partial charge < -0.3 is 4.57 Å². The molecule has 0 amide bonds. The Hall–Kier alpha value is -9.19. The summed E-state index contributed by atoms with van der Waals surface area (Å²) in [6, 6.07) is 81.4. The molecule has 5 heteroatoms. The SMILES string of the molecule is CC1(C)c2ccccc2-c2ccc(-c3nc(-c4ccccc4)nc(-n4c5ccccc5c5c6c7ccccc7n(-c7ccc(-c8ccc9c%10ccccc%10c%10ccccc%10c9c8)cc7)c6ccc54)n3)cc21. The van der Waals surface area contributed by atoms with E-state index < -0.39 is 0 Å². The summed E-state index contributed by atoms with van der Waals surface area (Å²) in [6.07, 6.45) is 0. The molecule has 0 spiro atoms. The molecule has 1 aliphatic carbocycles. The van der Waals surface area contributed by atoms with Crippen LogP contribution in [-0.4, -0.2) is 24.1 Å². The van der Waals surface area contributed by atoms with Gasteiger partial charge in [-0.1, -0.05) is 190 Å². The molecular weight excluding hydrogens is 863 g/mol. The van der Waals surface area contributed by atoms with Crippen LogP contribution in [0.2, 0.25) is 0 Å². The monoisotopic (exact) mass is 905 g/mol. The van der Waals surface area contributed by atoms with Gasteiger partial charge in [0.25, 0.3) is 0 Å². The van der Waals surface area contributed by atoms with E-state index in [0.29, 0.717) is 17.6 Å². The van der Waals surface area contributed by atoms with Gasteiger partial charge in [-0.3, -0.25) is 4.57 Å². The molecule has 0 aliphatic heterocycles. The third-order valence-corrected chi connectivity index (χ3v) is 15.4. The van der Waals surface area contributed by atoms with E-state index in [4.69, 9.17) is 15.0 Å². The zero-order valence-electron chi connectivity index (χ0n) is 39.1. The highest BCUT2D eigenvalue weighted by molar-refractivity contribution is 6.29. The lowest BCUT2D eigenvalue weighted by Crippen LogP contribution is -2.15. The molecule has 332 valence electrons. The summed E-state index contributed by atoms with van der Waals surface area (Å²) in [6.45, 7) is 4.63. The largest absolute Gasteiger partial charge is 0.309 e. The van der Waals surface area contributed by atoms with Crippen molar-refractivity contribution >= 4 is 75.9 Å². The summed E-state index contributed by atoms with van der Waals surface area (Å²) in [4.78, 5) is 15.9. The van der Waals surface area contributed by atoms with Crippen LogP contribution in [0.4, 0.5) is 0 Å². The first-order valence-corrected chi connectivity index (χ1v) is 24.4. The van der Waals surface area contributed by atoms with Crippen molar-refractivity contribution in [3.63, 3.8) is 0 Å². The normalized spacial score (nSPS) is 13.0. The minimum absolute atomic E-state index is 0.164. The molecule has 3 aromatic heterocycles. The Morgan fingerprint density at radius 1 is 0.310 bits per heavy atom. The smallest absolute Gasteiger partial charge is 0.238 e. The number of hydrogen-bond donors (Lipinski definition) is 0. The third-order valence-electron chi connectivity index (χ3n) is 15.4. The first-order chi connectivity index (χ1) is 35.0. The molecule has 0 radical (unpaired) electrons. The molecule has 0 bridgehead atoms. The van der Waals surface area contributed by atoms with E-state index in [0.717, 1.165) is 44.3 Å². The van der Waals surface area contributed by atoms with Gasteiger partial charge in [0.05, 0.1) is 22.1 Å². The molecule has 0 atom stereocenters. The van der Waals surface area contributed by atoms with E-state index in [1.807, 2.05) is 18.2 Å². The second-order valence-corrected chi connectivity index (χ2v) is 19.5. The van der Waals surface area contributed by atoms with Crippen molar-refractivity contribution in [2.75, 3.05) is 0 Å². The molecule has 71 heavy (non-hydrogen) atoms. The molecule has 11 aromatic carbocycles. The van der Waals surface area contributed by atoms with Crippen LogP contribution in [0.25, 0.3) is 133 Å². The molecule has 1 aliphatic rings. The van der Waals surface area contributed by atoms with E-state index in [1.54, 1.807) is 0 Å². The predicted octanol–water partition coefficient (Wildman–Crippen LogP) is 16.8. The Labute approximate surface area is 409 Å². The Balaban J connectivity index is 0.902. The van der Waals surface area contributed by atoms with E-state index in [1.165, 1.54) is 81.9 Å². The van der Waals surface area contributed by atoms with E-state index in [9.17, 15) is 0 Å². The Morgan fingerprint density at radius 2 is 0.803 bits per heavy atom. The van der Waals surface area contributed by atoms with Gasteiger partial charge in [-0.2, -0.15) is 9.97 Å². The highest BCUT2D eigenvalue weighted by Crippen LogP contribution is 2.50. The number of nitrogens with zero attached hydrogens (tertiary/aromatic N) is 5. The van der Waals surface area contributed by atoms with Gasteiger partial charge in [-0.15, -0.1) is 0 Å². The second kappa shape index (κ2) is 14.9. The fraction of sp³-hybridized carbons (Fsp3) is 0.0455. The standard InChI is InChI=1S/C66H43N5/c1-66(2)55-25-13-10-22-50(55)51-35-31-43(39-56(51)66)64-67-63(41-16-4-3-5-17-41)68-65(69-64)71-58-27-15-12-24-53(58)62-60(71)37-36-59-61(62)52-23-11-14-26-57(52)70(59)44-32-28-40(29-33-44)42-30-34-49-47-20-7-6-18-45(47)46-19-8-9-21-48(46)54(49)38-42/h3-39H,1-2H3. The molecule has 14 aromatic rings. The summed E-state index contributed by atoms with van der Waals surface area (Å²) in [5, 5.41) is 12.4. The van der Waals surface area contributed by atoms with Crippen LogP contribution in [-0.2, 0) is 5.41 Å². The molecule has 5 nitrogen and oxygen atoms in total. The van der Waals surface area contributed by atoms with Gasteiger partial charge in [0, 0.05) is 43.8 Å². The van der Waals surface area contributed by atoms with E-state index >= 15 is 0 Å². The Morgan fingerprint density at radius 3 is 1.48 bits per heavy atom. The second-order valence-electron chi connectivity index (χ2n) is 19.5. The first kappa shape index (κ1) is 39.8. The fourth-order valence-electron chi connectivity index (χ4n) is 12.1. The number of aromatic nitrogens is 5. The lowest BCUT2D eigenvalue weighted by Gasteiger charge is -2.21. The first-order valence-electron chi connectivity index (χ1n) is 24.4. The maximum absolute atomic E-state index is 5.40. The number of para-hydroxylation sites is 2. The van der Waals surface area contributed by atoms with Crippen LogP contribution < -0.4 is 0 Å². The summed E-state index contributed by atoms with van der Waals surface area (Å²) >= 11 is 0. The maximum atomic E-state index is 5.40. The van der Waals surface area contributed by atoms with Crippen molar-refractivity contribution < 1.29 is 0 Å². The Bertz CT molecular complexity index is 4500. The number of hydrogen-bond acceptors (Lipinski definition) is 3. The van der Waals surface area contributed by atoms with Crippen molar-refractivity contribution in [1.29, 1.82) is 0 Å². The molecule has 0 fully saturated rings. The molecular formula is C66H43N5. The molecule has 0 saturated heterocycles. The fourth-order valence-corrected chi connectivity index (χ4v) is 12.1. The molecule has 0 saturated carbocycles. The molecule has 3 heterocycles. The third kappa shape index (κ3) is 5.78. The zero-order chi connectivity index (χ0) is 47.0. The zero-order valence-corrected chi connectivity index (χ0v) is 39.1. The number of fused-ring (bicyclic) bond motifs is 16.